The number of nitrogens with zero attached hydrogens (tertiary/aromatic N) is 2. The minimum atomic E-state index is 0.860. The molecule has 0 spiro atoms. The zero-order valence-corrected chi connectivity index (χ0v) is 18.7. The van der Waals surface area contributed by atoms with Gasteiger partial charge in [0, 0.05) is 18.8 Å². The zero-order valence-electron chi connectivity index (χ0n) is 18.7. The second-order valence-corrected chi connectivity index (χ2v) is 6.67. The molecule has 1 heterocycles. The van der Waals surface area contributed by atoms with Gasteiger partial charge in [0.15, 0.2) is 0 Å². The standard InChI is InChI=1S/C17H30N2.C5H10.C2H6/c1-4-7-10-16-13-18-17(19-14-16)12-11-15(8-5-2)9-6-3;1-3-5-4-2;1-2/h13-15H,4-12H2,1-3H3;3H,1,4-5H2,2H3;1-2H3. The summed E-state index contributed by atoms with van der Waals surface area (Å²) in [5, 5.41) is 0. The van der Waals surface area contributed by atoms with Crippen molar-refractivity contribution < 1.29 is 0 Å². The Kier molecular flexibility index (Phi) is 22.7. The zero-order chi connectivity index (χ0) is 20.0. The van der Waals surface area contributed by atoms with Crippen LogP contribution in [0.3, 0.4) is 0 Å². The van der Waals surface area contributed by atoms with E-state index in [1.807, 2.05) is 32.3 Å². The van der Waals surface area contributed by atoms with Crippen LogP contribution in [0.5, 0.6) is 0 Å². The summed E-state index contributed by atoms with van der Waals surface area (Å²) in [7, 11) is 0. The third-order valence-corrected chi connectivity index (χ3v) is 4.24. The molecule has 26 heavy (non-hydrogen) atoms. The maximum Gasteiger partial charge on any atom is 0.128 e. The van der Waals surface area contributed by atoms with E-state index in [4.69, 9.17) is 0 Å². The van der Waals surface area contributed by atoms with E-state index in [2.05, 4.69) is 44.2 Å². The summed E-state index contributed by atoms with van der Waals surface area (Å²) in [6.07, 6.45) is 19.5. The third-order valence-electron chi connectivity index (χ3n) is 4.24. The van der Waals surface area contributed by atoms with Crippen LogP contribution in [-0.2, 0) is 12.8 Å². The van der Waals surface area contributed by atoms with E-state index in [-0.39, 0.29) is 0 Å². The van der Waals surface area contributed by atoms with Crippen molar-refractivity contribution in [1.82, 2.24) is 9.97 Å². The highest BCUT2D eigenvalue weighted by Gasteiger charge is 2.08. The lowest BCUT2D eigenvalue weighted by atomic mass is 9.93. The third kappa shape index (κ3) is 16.3. The highest BCUT2D eigenvalue weighted by Crippen LogP contribution is 2.19. The van der Waals surface area contributed by atoms with E-state index in [0.29, 0.717) is 0 Å². The van der Waals surface area contributed by atoms with Crippen molar-refractivity contribution in [1.29, 1.82) is 0 Å². The van der Waals surface area contributed by atoms with Crippen LogP contribution < -0.4 is 0 Å². The first-order valence-corrected chi connectivity index (χ1v) is 11.1. The predicted octanol–water partition coefficient (Wildman–Crippen LogP) is 7.97. The number of aryl methyl sites for hydroxylation is 2. The fraction of sp³-hybridized carbons (Fsp3) is 0.750. The first kappa shape index (κ1) is 27.0. The molecule has 1 aromatic heterocycles. The van der Waals surface area contributed by atoms with Gasteiger partial charge in [0.25, 0.3) is 0 Å². The van der Waals surface area contributed by atoms with Crippen LogP contribution in [0.25, 0.3) is 0 Å². The Morgan fingerprint density at radius 2 is 1.42 bits per heavy atom. The molecule has 0 aliphatic heterocycles. The number of unbranched alkanes of at least 4 members (excludes halogenated alkanes) is 2. The lowest BCUT2D eigenvalue weighted by Crippen LogP contribution is -2.04. The van der Waals surface area contributed by atoms with Crippen molar-refractivity contribution in [3.8, 4) is 0 Å². The summed E-state index contributed by atoms with van der Waals surface area (Å²) in [6, 6.07) is 0. The average molecular weight is 363 g/mol. The molecule has 0 aliphatic rings. The topological polar surface area (TPSA) is 25.8 Å². The first-order valence-electron chi connectivity index (χ1n) is 11.1. The highest BCUT2D eigenvalue weighted by molar-refractivity contribution is 5.05. The van der Waals surface area contributed by atoms with Crippen LogP contribution >= 0.6 is 0 Å². The molecule has 2 heteroatoms. The normalized spacial score (nSPS) is 9.81. The van der Waals surface area contributed by atoms with Crippen molar-refractivity contribution in [3.63, 3.8) is 0 Å². The van der Waals surface area contributed by atoms with Gasteiger partial charge in [-0.25, -0.2) is 9.97 Å². The van der Waals surface area contributed by atoms with Crippen LogP contribution in [0, 0.1) is 5.92 Å². The largest absolute Gasteiger partial charge is 0.241 e. The summed E-state index contributed by atoms with van der Waals surface area (Å²) >= 11 is 0. The SMILES string of the molecule is C=CCCC.CC.CCCCc1cnc(CCC(CCC)CCC)nc1. The van der Waals surface area contributed by atoms with E-state index in [1.54, 1.807) is 0 Å². The first-order chi connectivity index (χ1) is 12.7. The van der Waals surface area contributed by atoms with Crippen LogP contribution in [-0.4, -0.2) is 9.97 Å². The van der Waals surface area contributed by atoms with E-state index < -0.39 is 0 Å². The molecule has 0 saturated heterocycles. The molecule has 1 aromatic rings. The van der Waals surface area contributed by atoms with Crippen molar-refractivity contribution in [2.24, 2.45) is 5.92 Å². The highest BCUT2D eigenvalue weighted by atomic mass is 14.9. The molecule has 2 nitrogen and oxygen atoms in total. The van der Waals surface area contributed by atoms with Gasteiger partial charge in [-0.3, -0.25) is 0 Å². The summed E-state index contributed by atoms with van der Waals surface area (Å²) in [4.78, 5) is 9.03. The van der Waals surface area contributed by atoms with Gasteiger partial charge < -0.3 is 0 Å². The summed E-state index contributed by atoms with van der Waals surface area (Å²) in [5.41, 5.74) is 1.28. The van der Waals surface area contributed by atoms with Crippen LogP contribution in [0.2, 0.25) is 0 Å². The second kappa shape index (κ2) is 21.9. The Morgan fingerprint density at radius 3 is 1.81 bits per heavy atom. The molecule has 0 atom stereocenters. The maximum atomic E-state index is 4.51. The van der Waals surface area contributed by atoms with E-state index in [1.165, 1.54) is 56.9 Å². The van der Waals surface area contributed by atoms with Crippen molar-refractivity contribution in [2.45, 2.75) is 112 Å². The van der Waals surface area contributed by atoms with Crippen LogP contribution in [0.15, 0.2) is 25.0 Å². The second-order valence-electron chi connectivity index (χ2n) is 6.67. The lowest BCUT2D eigenvalue weighted by molar-refractivity contribution is 0.408. The van der Waals surface area contributed by atoms with Crippen molar-refractivity contribution in [3.05, 3.63) is 36.4 Å². The molecule has 0 fully saturated rings. The van der Waals surface area contributed by atoms with E-state index in [0.717, 1.165) is 31.0 Å². The summed E-state index contributed by atoms with van der Waals surface area (Å²) < 4.78 is 0. The van der Waals surface area contributed by atoms with Gasteiger partial charge in [0.05, 0.1) is 0 Å². The fourth-order valence-electron chi connectivity index (χ4n) is 2.81. The molecule has 0 unspecified atom stereocenters. The van der Waals surface area contributed by atoms with Crippen molar-refractivity contribution >= 4 is 0 Å². The van der Waals surface area contributed by atoms with Gasteiger partial charge in [-0.2, -0.15) is 0 Å². The van der Waals surface area contributed by atoms with Crippen molar-refractivity contribution in [2.75, 3.05) is 0 Å². The van der Waals surface area contributed by atoms with Crippen LogP contribution in [0.4, 0.5) is 0 Å². The summed E-state index contributed by atoms with van der Waals surface area (Å²) in [6.45, 7) is 16.5. The molecule has 152 valence electrons. The van der Waals surface area contributed by atoms with Gasteiger partial charge >= 0.3 is 0 Å². The Labute approximate surface area is 164 Å². The molecule has 0 radical (unpaired) electrons. The average Bonchev–Trinajstić information content (AvgIpc) is 2.68. The number of hydrogen-bond donors (Lipinski definition) is 0. The monoisotopic (exact) mass is 362 g/mol. The predicted molar refractivity (Wildman–Crippen MR) is 119 cm³/mol. The van der Waals surface area contributed by atoms with Crippen LogP contribution in [0.1, 0.15) is 111 Å². The minimum absolute atomic E-state index is 0.860. The fourth-order valence-corrected chi connectivity index (χ4v) is 2.81. The van der Waals surface area contributed by atoms with E-state index >= 15 is 0 Å². The summed E-state index contributed by atoms with van der Waals surface area (Å²) in [5.74, 6) is 1.89. The number of allylic oxidation sites excluding steroid dienone is 1. The minimum Gasteiger partial charge on any atom is -0.241 e. The van der Waals surface area contributed by atoms with E-state index in [9.17, 15) is 0 Å². The van der Waals surface area contributed by atoms with Gasteiger partial charge in [-0.1, -0.05) is 86.1 Å². The van der Waals surface area contributed by atoms with Gasteiger partial charge in [-0.05, 0) is 37.2 Å². The Balaban J connectivity index is 0. The molecule has 0 amide bonds. The number of rotatable bonds is 12. The smallest absolute Gasteiger partial charge is 0.128 e. The number of hydrogen-bond acceptors (Lipinski definition) is 2. The molecule has 1 rings (SSSR count). The molecule has 0 saturated carbocycles. The maximum absolute atomic E-state index is 4.51. The number of aromatic nitrogens is 2. The molecular weight excluding hydrogens is 316 g/mol. The molecule has 0 bridgehead atoms. The Bertz CT molecular complexity index is 378. The van der Waals surface area contributed by atoms with Gasteiger partial charge in [-0.15, -0.1) is 6.58 Å². The van der Waals surface area contributed by atoms with Gasteiger partial charge in [0.2, 0.25) is 0 Å². The molecular formula is C24H46N2. The lowest BCUT2D eigenvalue weighted by Gasteiger charge is -2.14. The molecule has 0 aromatic carbocycles. The Hall–Kier alpha value is -1.18. The quantitative estimate of drug-likeness (QED) is 0.352. The Morgan fingerprint density at radius 1 is 0.846 bits per heavy atom. The molecule has 0 N–H and O–H groups in total. The van der Waals surface area contributed by atoms with Gasteiger partial charge in [0.1, 0.15) is 5.82 Å². The molecule has 0 aliphatic carbocycles.